The molecule has 0 N–H and O–H groups in total. The molecule has 1 aromatic heterocycles. The van der Waals surface area contributed by atoms with E-state index >= 15 is 0 Å². The average molecular weight is 601 g/mol. The van der Waals surface area contributed by atoms with Crippen molar-refractivity contribution in [1.82, 2.24) is 29.4 Å². The Bertz CT molecular complexity index is 1420. The lowest BCUT2D eigenvalue weighted by Gasteiger charge is -2.46. The molecule has 2 aromatic carbocycles. The molecule has 4 rings (SSSR count). The van der Waals surface area contributed by atoms with Crippen molar-refractivity contribution in [3.05, 3.63) is 95.3 Å². The van der Waals surface area contributed by atoms with Crippen LogP contribution in [0.15, 0.2) is 72.8 Å². The van der Waals surface area contributed by atoms with Gasteiger partial charge in [0, 0.05) is 73.3 Å². The quantitative estimate of drug-likeness (QED) is 0.297. The Morgan fingerprint density at radius 1 is 1.00 bits per heavy atom. The zero-order chi connectivity index (χ0) is 31.6. The number of hydrogen-bond donors (Lipinski definition) is 0. The maximum Gasteiger partial charge on any atom is 0.248 e. The molecule has 0 saturated carbocycles. The number of carbonyl (C=O) groups is 3. The molecule has 1 aliphatic heterocycles. The minimum Gasteiger partial charge on any atom is -0.383 e. The predicted molar refractivity (Wildman–Crippen MR) is 170 cm³/mol. The van der Waals surface area contributed by atoms with Crippen LogP contribution in [0.5, 0.6) is 0 Å². The van der Waals surface area contributed by atoms with E-state index in [0.717, 1.165) is 22.5 Å². The summed E-state index contributed by atoms with van der Waals surface area (Å²) in [5.41, 5.74) is 3.47. The van der Waals surface area contributed by atoms with E-state index in [1.54, 1.807) is 47.7 Å². The Hall–Kier alpha value is -4.28. The molecular weight excluding hydrogens is 556 g/mol. The summed E-state index contributed by atoms with van der Waals surface area (Å²) in [5, 5.41) is 4.41. The second kappa shape index (κ2) is 15.4. The van der Waals surface area contributed by atoms with Gasteiger partial charge in [-0.3, -0.25) is 24.0 Å². The lowest BCUT2D eigenvalue weighted by atomic mass is 9.99. The number of hydrogen-bond acceptors (Lipinski definition) is 6. The third-order valence-electron chi connectivity index (χ3n) is 8.06. The molecular formula is C34H44N6O4. The maximum atomic E-state index is 14.6. The van der Waals surface area contributed by atoms with Gasteiger partial charge in [-0.25, -0.2) is 0 Å². The van der Waals surface area contributed by atoms with E-state index in [9.17, 15) is 14.4 Å². The SMILES string of the molecule is COCCN(C)C(=O)C(Cc1ccccc1)N(C(=O)/C=C/c1cc(C)nn1C)[C@@H](c1ccccc1)N1CCN(C(C)=O)CC1. The number of aryl methyl sites for hydroxylation is 2. The molecule has 1 saturated heterocycles. The number of benzene rings is 2. The summed E-state index contributed by atoms with van der Waals surface area (Å²) in [4.78, 5) is 48.5. The number of ether oxygens (including phenoxy) is 1. The number of piperazine rings is 1. The Labute approximate surface area is 260 Å². The molecule has 3 aromatic rings. The zero-order valence-corrected chi connectivity index (χ0v) is 26.4. The van der Waals surface area contributed by atoms with Crippen molar-refractivity contribution in [2.24, 2.45) is 7.05 Å². The van der Waals surface area contributed by atoms with Gasteiger partial charge in [0.05, 0.1) is 18.0 Å². The van der Waals surface area contributed by atoms with Gasteiger partial charge in [0.15, 0.2) is 0 Å². The minimum atomic E-state index is -0.819. The smallest absolute Gasteiger partial charge is 0.248 e. The van der Waals surface area contributed by atoms with Gasteiger partial charge in [0.2, 0.25) is 17.7 Å². The summed E-state index contributed by atoms with van der Waals surface area (Å²) in [6.07, 6.45) is 3.07. The van der Waals surface area contributed by atoms with Gasteiger partial charge in [-0.2, -0.15) is 5.10 Å². The van der Waals surface area contributed by atoms with Crippen LogP contribution in [0.2, 0.25) is 0 Å². The molecule has 1 aliphatic rings. The lowest BCUT2D eigenvalue weighted by molar-refractivity contribution is -0.151. The van der Waals surface area contributed by atoms with E-state index in [2.05, 4.69) is 10.00 Å². The molecule has 2 heterocycles. The van der Waals surface area contributed by atoms with Crippen molar-refractivity contribution in [2.75, 3.05) is 53.5 Å². The van der Waals surface area contributed by atoms with E-state index in [1.165, 1.54) is 0 Å². The molecule has 1 unspecified atom stereocenters. The standard InChI is InChI=1S/C34H44N6O4/c1-26-24-30(37(4)35-26)16-17-32(42)40(31(25-28-12-8-6-9-13-28)34(43)36(3)22-23-44-5)33(29-14-10-7-11-15-29)39-20-18-38(19-21-39)27(2)41/h6-17,24,31,33H,18-23,25H2,1-5H3/b17-16+/t31?,33-/m0/s1. The molecule has 1 fully saturated rings. The summed E-state index contributed by atoms with van der Waals surface area (Å²) in [6, 6.07) is 20.7. The molecule has 0 bridgehead atoms. The van der Waals surface area contributed by atoms with Gasteiger partial charge in [0.1, 0.15) is 12.2 Å². The van der Waals surface area contributed by atoms with Crippen molar-refractivity contribution in [3.63, 3.8) is 0 Å². The first-order valence-electron chi connectivity index (χ1n) is 15.0. The van der Waals surface area contributed by atoms with Gasteiger partial charge in [-0.15, -0.1) is 0 Å². The van der Waals surface area contributed by atoms with Crippen molar-refractivity contribution in [3.8, 4) is 0 Å². The van der Waals surface area contributed by atoms with Crippen LogP contribution in [0, 0.1) is 6.92 Å². The lowest BCUT2D eigenvalue weighted by Crippen LogP contribution is -2.59. The highest BCUT2D eigenvalue weighted by molar-refractivity contribution is 5.96. The van der Waals surface area contributed by atoms with Crippen LogP contribution in [0.3, 0.4) is 0 Å². The third-order valence-corrected chi connectivity index (χ3v) is 8.06. The fourth-order valence-corrected chi connectivity index (χ4v) is 5.66. The van der Waals surface area contributed by atoms with Crippen molar-refractivity contribution in [2.45, 2.75) is 32.5 Å². The number of amides is 3. The van der Waals surface area contributed by atoms with Crippen molar-refractivity contribution < 1.29 is 19.1 Å². The second-order valence-corrected chi connectivity index (χ2v) is 11.2. The van der Waals surface area contributed by atoms with Gasteiger partial charge >= 0.3 is 0 Å². The van der Waals surface area contributed by atoms with Crippen LogP contribution in [0.4, 0.5) is 0 Å². The topological polar surface area (TPSA) is 91.2 Å². The molecule has 10 nitrogen and oxygen atoms in total. The Balaban J connectivity index is 1.84. The van der Waals surface area contributed by atoms with Crippen molar-refractivity contribution >= 4 is 23.8 Å². The van der Waals surface area contributed by atoms with Crippen LogP contribution in [0.25, 0.3) is 6.08 Å². The van der Waals surface area contributed by atoms with Crippen LogP contribution < -0.4 is 0 Å². The maximum absolute atomic E-state index is 14.6. The highest BCUT2D eigenvalue weighted by Gasteiger charge is 2.40. The number of methoxy groups -OCH3 is 1. The Kier molecular flexibility index (Phi) is 11.5. The largest absolute Gasteiger partial charge is 0.383 e. The van der Waals surface area contributed by atoms with Crippen LogP contribution >= 0.6 is 0 Å². The van der Waals surface area contributed by atoms with E-state index in [0.29, 0.717) is 45.8 Å². The first kappa shape index (κ1) is 32.6. The Morgan fingerprint density at radius 2 is 1.64 bits per heavy atom. The van der Waals surface area contributed by atoms with E-state index in [4.69, 9.17) is 4.74 Å². The normalized spacial score (nSPS) is 15.2. The van der Waals surface area contributed by atoms with E-state index in [-0.39, 0.29) is 17.7 Å². The molecule has 10 heteroatoms. The molecule has 44 heavy (non-hydrogen) atoms. The summed E-state index contributed by atoms with van der Waals surface area (Å²) in [6.45, 7) is 6.44. The third kappa shape index (κ3) is 8.21. The molecule has 2 atom stereocenters. The summed E-state index contributed by atoms with van der Waals surface area (Å²) in [5.74, 6) is -0.436. The first-order chi connectivity index (χ1) is 21.2. The van der Waals surface area contributed by atoms with Crippen LogP contribution in [-0.2, 0) is 32.6 Å². The Morgan fingerprint density at radius 3 is 2.20 bits per heavy atom. The average Bonchev–Trinajstić information content (AvgIpc) is 3.37. The number of nitrogens with zero attached hydrogens (tertiary/aromatic N) is 6. The second-order valence-electron chi connectivity index (χ2n) is 11.2. The number of likely N-dealkylation sites (N-methyl/N-ethyl adjacent to an activating group) is 1. The zero-order valence-electron chi connectivity index (χ0n) is 26.4. The first-order valence-corrected chi connectivity index (χ1v) is 15.0. The van der Waals surface area contributed by atoms with Crippen molar-refractivity contribution in [1.29, 1.82) is 0 Å². The monoisotopic (exact) mass is 600 g/mol. The number of aromatic nitrogens is 2. The highest BCUT2D eigenvalue weighted by Crippen LogP contribution is 2.31. The van der Waals surface area contributed by atoms with Crippen LogP contribution in [-0.4, -0.2) is 107 Å². The van der Waals surface area contributed by atoms with Crippen LogP contribution in [0.1, 0.15) is 35.6 Å². The fourth-order valence-electron chi connectivity index (χ4n) is 5.66. The minimum absolute atomic E-state index is 0.0279. The number of rotatable bonds is 12. The summed E-state index contributed by atoms with van der Waals surface area (Å²) < 4.78 is 7.00. The molecule has 0 aliphatic carbocycles. The van der Waals surface area contributed by atoms with E-state index < -0.39 is 12.2 Å². The summed E-state index contributed by atoms with van der Waals surface area (Å²) in [7, 11) is 5.19. The van der Waals surface area contributed by atoms with Gasteiger partial charge < -0.3 is 19.4 Å². The molecule has 234 valence electrons. The van der Waals surface area contributed by atoms with Gasteiger partial charge in [0.25, 0.3) is 0 Å². The predicted octanol–water partition coefficient (Wildman–Crippen LogP) is 3.15. The van der Waals surface area contributed by atoms with Gasteiger partial charge in [-0.1, -0.05) is 60.7 Å². The number of carbonyl (C=O) groups excluding carboxylic acids is 3. The molecule has 3 amide bonds. The highest BCUT2D eigenvalue weighted by atomic mass is 16.5. The van der Waals surface area contributed by atoms with Gasteiger partial charge in [-0.05, 0) is 30.2 Å². The van der Waals surface area contributed by atoms with E-state index in [1.807, 2.05) is 85.6 Å². The fraction of sp³-hybridized carbons (Fsp3) is 0.412. The molecule has 0 radical (unpaired) electrons. The molecule has 0 spiro atoms. The summed E-state index contributed by atoms with van der Waals surface area (Å²) >= 11 is 0.